The summed E-state index contributed by atoms with van der Waals surface area (Å²) in [6.07, 6.45) is 1.95. The number of para-hydroxylation sites is 2. The molecule has 0 saturated heterocycles. The molecule has 0 bridgehead atoms. The summed E-state index contributed by atoms with van der Waals surface area (Å²) in [7, 11) is 0. The van der Waals surface area contributed by atoms with E-state index in [4.69, 9.17) is 9.97 Å². The maximum Gasteiger partial charge on any atom is 0.148 e. The molecule has 4 nitrogen and oxygen atoms in total. The van der Waals surface area contributed by atoms with Crippen molar-refractivity contribution in [2.24, 2.45) is 0 Å². The first-order chi connectivity index (χ1) is 27.2. The molecule has 0 amide bonds. The summed E-state index contributed by atoms with van der Waals surface area (Å²) < 4.78 is 2.19. The summed E-state index contributed by atoms with van der Waals surface area (Å²) >= 11 is 0. The number of aromatic nitrogens is 3. The van der Waals surface area contributed by atoms with Crippen LogP contribution in [-0.2, 0) is 37.3 Å². The Labute approximate surface area is 357 Å². The Bertz CT molecular complexity index is 2840. The number of nitrogens with zero attached hydrogens (tertiary/aromatic N) is 3. The molecule has 6 aromatic carbocycles. The normalized spacial score (nSPS) is 13.2. The Kier molecular flexibility index (Phi) is 9.72. The number of aromatic hydroxyl groups is 1. The van der Waals surface area contributed by atoms with Crippen molar-refractivity contribution in [2.45, 2.75) is 71.6 Å². The zero-order valence-corrected chi connectivity index (χ0v) is 36.7. The first-order valence-corrected chi connectivity index (χ1v) is 19.9. The van der Waals surface area contributed by atoms with Gasteiger partial charge in [0.15, 0.2) is 0 Å². The number of pyridine rings is 1. The Morgan fingerprint density at radius 3 is 1.98 bits per heavy atom. The van der Waals surface area contributed by atoms with Gasteiger partial charge < -0.3 is 5.11 Å². The Morgan fingerprint density at radius 1 is 0.621 bits per heavy atom. The molecule has 292 valence electrons. The molecule has 8 aromatic rings. The minimum Gasteiger partial charge on any atom is -0.507 e. The van der Waals surface area contributed by atoms with Crippen LogP contribution in [0.3, 0.4) is 0 Å². The van der Waals surface area contributed by atoms with Crippen LogP contribution >= 0.6 is 0 Å². The van der Waals surface area contributed by atoms with Crippen LogP contribution < -0.4 is 0 Å². The van der Waals surface area contributed by atoms with Crippen LogP contribution in [0.5, 0.6) is 5.75 Å². The van der Waals surface area contributed by atoms with Crippen molar-refractivity contribution in [3.8, 4) is 67.5 Å². The number of phenolic OH excluding ortho intramolecular Hbond substituents is 1. The summed E-state index contributed by atoms with van der Waals surface area (Å²) in [5.41, 5.74) is 15.8. The standard InChI is InChI=1S/C53H48N3O.Pt/c1-51(2,3)37-31-41(49(57)44(32-37)52(4,5)6)50-55-48-39(23-17-25-45(48)56(50)38-20-13-10-14-21-38)35-28-34(33-18-11-9-12-19-33)29-36(30-35)47-46-40-22-15-16-24-42(40)53(7,8)43(46)26-27-54-47;/h9-29,31-32,57H,1-8H3;/q-1;. The Morgan fingerprint density at radius 2 is 1.28 bits per heavy atom. The molecule has 0 unspecified atom stereocenters. The summed E-state index contributed by atoms with van der Waals surface area (Å²) in [5, 5.41) is 12.2. The molecule has 0 atom stereocenters. The Balaban J connectivity index is 0.00000469. The van der Waals surface area contributed by atoms with Crippen molar-refractivity contribution in [3.63, 3.8) is 0 Å². The van der Waals surface area contributed by atoms with Crippen LogP contribution in [0, 0.1) is 6.07 Å². The molecule has 58 heavy (non-hydrogen) atoms. The van der Waals surface area contributed by atoms with Crippen LogP contribution in [0.2, 0.25) is 0 Å². The van der Waals surface area contributed by atoms with Gasteiger partial charge in [0.25, 0.3) is 0 Å². The second kappa shape index (κ2) is 14.4. The fourth-order valence-corrected chi connectivity index (χ4v) is 8.64. The van der Waals surface area contributed by atoms with Crippen molar-refractivity contribution in [1.29, 1.82) is 0 Å². The van der Waals surface area contributed by atoms with Gasteiger partial charge in [-0.2, -0.15) is 0 Å². The molecule has 0 saturated carbocycles. The molecule has 0 aliphatic heterocycles. The van der Waals surface area contributed by atoms with E-state index in [0.29, 0.717) is 11.4 Å². The number of fused-ring (bicyclic) bond motifs is 4. The first kappa shape index (κ1) is 39.3. The number of hydrogen-bond acceptors (Lipinski definition) is 3. The van der Waals surface area contributed by atoms with Crippen molar-refractivity contribution >= 4 is 11.0 Å². The van der Waals surface area contributed by atoms with E-state index in [-0.39, 0.29) is 43.1 Å². The largest absolute Gasteiger partial charge is 0.507 e. The molecule has 2 heterocycles. The average molecular weight is 938 g/mol. The van der Waals surface area contributed by atoms with Crippen molar-refractivity contribution in [1.82, 2.24) is 14.5 Å². The molecule has 0 radical (unpaired) electrons. The fourth-order valence-electron chi connectivity index (χ4n) is 8.64. The molecule has 2 aromatic heterocycles. The fraction of sp³-hybridized carbons (Fsp3) is 0.208. The predicted octanol–water partition coefficient (Wildman–Crippen LogP) is 13.5. The van der Waals surface area contributed by atoms with Gasteiger partial charge in [-0.05, 0) is 74.5 Å². The number of benzene rings is 6. The minimum atomic E-state index is -0.292. The first-order valence-electron chi connectivity index (χ1n) is 19.9. The quantitative estimate of drug-likeness (QED) is 0.175. The van der Waals surface area contributed by atoms with Crippen LogP contribution in [0.1, 0.15) is 77.6 Å². The Hall–Kier alpha value is -5.57. The van der Waals surface area contributed by atoms with Gasteiger partial charge in [-0.1, -0.05) is 163 Å². The van der Waals surface area contributed by atoms with E-state index in [1.807, 2.05) is 12.3 Å². The van der Waals surface area contributed by atoms with E-state index in [1.165, 1.54) is 22.3 Å². The zero-order valence-electron chi connectivity index (χ0n) is 34.4. The van der Waals surface area contributed by atoms with E-state index in [1.54, 1.807) is 0 Å². The van der Waals surface area contributed by atoms with E-state index >= 15 is 0 Å². The van der Waals surface area contributed by atoms with Crippen LogP contribution in [0.4, 0.5) is 0 Å². The molecule has 1 aliphatic carbocycles. The maximum atomic E-state index is 12.2. The third-order valence-electron chi connectivity index (χ3n) is 11.7. The van der Waals surface area contributed by atoms with E-state index in [0.717, 1.165) is 61.4 Å². The summed E-state index contributed by atoms with van der Waals surface area (Å²) in [6.45, 7) is 17.7. The van der Waals surface area contributed by atoms with E-state index in [9.17, 15) is 5.11 Å². The topological polar surface area (TPSA) is 50.9 Å². The van der Waals surface area contributed by atoms with Crippen LogP contribution in [0.25, 0.3) is 72.7 Å². The van der Waals surface area contributed by atoms with Gasteiger partial charge in [0.1, 0.15) is 11.6 Å². The summed E-state index contributed by atoms with van der Waals surface area (Å²) in [4.78, 5) is 10.6. The molecular formula is C53H48N3OPt-. The second-order valence-electron chi connectivity index (χ2n) is 18.0. The number of rotatable bonds is 5. The van der Waals surface area contributed by atoms with E-state index in [2.05, 4.69) is 193 Å². The van der Waals surface area contributed by atoms with Gasteiger partial charge in [-0.15, -0.1) is 23.8 Å². The SMILES string of the molecule is CC(C)(C)c1cc(-c2nc3c(-c4[c-]c(-c5nccc6c5-c5ccccc5C6(C)C)cc(-c5ccccc5)c4)cccc3n2-c2ccccc2)c(O)c(C(C)(C)C)c1.[Pt]. The maximum absolute atomic E-state index is 12.2. The minimum absolute atomic E-state index is 0. The molecule has 0 spiro atoms. The van der Waals surface area contributed by atoms with Crippen molar-refractivity contribution in [3.05, 3.63) is 168 Å². The number of hydrogen-bond donors (Lipinski definition) is 1. The summed E-state index contributed by atoms with van der Waals surface area (Å²) in [6, 6.07) is 50.8. The number of phenols is 1. The predicted molar refractivity (Wildman–Crippen MR) is 236 cm³/mol. The van der Waals surface area contributed by atoms with Gasteiger partial charge in [0.2, 0.25) is 0 Å². The van der Waals surface area contributed by atoms with Crippen LogP contribution in [-0.4, -0.2) is 19.6 Å². The second-order valence-corrected chi connectivity index (χ2v) is 18.0. The molecule has 1 N–H and O–H groups in total. The number of imidazole rings is 1. The monoisotopic (exact) mass is 937 g/mol. The molecular weight excluding hydrogens is 890 g/mol. The molecule has 0 fully saturated rings. The molecule has 1 aliphatic rings. The summed E-state index contributed by atoms with van der Waals surface area (Å²) in [5.74, 6) is 0.954. The zero-order chi connectivity index (χ0) is 39.9. The van der Waals surface area contributed by atoms with E-state index < -0.39 is 0 Å². The third-order valence-corrected chi connectivity index (χ3v) is 11.7. The van der Waals surface area contributed by atoms with Gasteiger partial charge in [-0.25, -0.2) is 4.98 Å². The average Bonchev–Trinajstić information content (AvgIpc) is 3.70. The van der Waals surface area contributed by atoms with Gasteiger partial charge in [0.05, 0.1) is 16.6 Å². The van der Waals surface area contributed by atoms with Crippen molar-refractivity contribution < 1.29 is 26.2 Å². The van der Waals surface area contributed by atoms with Crippen LogP contribution in [0.15, 0.2) is 140 Å². The van der Waals surface area contributed by atoms with Crippen molar-refractivity contribution in [2.75, 3.05) is 0 Å². The molecule has 5 heteroatoms. The smallest absolute Gasteiger partial charge is 0.148 e. The van der Waals surface area contributed by atoms with Gasteiger partial charge in [0, 0.05) is 49.6 Å². The molecule has 9 rings (SSSR count). The van der Waals surface area contributed by atoms with Gasteiger partial charge in [-0.3, -0.25) is 9.55 Å². The third kappa shape index (κ3) is 6.52. The van der Waals surface area contributed by atoms with Gasteiger partial charge >= 0.3 is 0 Å².